The van der Waals surface area contributed by atoms with Crippen LogP contribution in [0.15, 0.2) is 48.5 Å². The quantitative estimate of drug-likeness (QED) is 0.738. The third kappa shape index (κ3) is 5.48. The van der Waals surface area contributed by atoms with Crippen molar-refractivity contribution in [3.8, 4) is 0 Å². The normalized spacial score (nSPS) is 19.4. The summed E-state index contributed by atoms with van der Waals surface area (Å²) >= 11 is 0. The Bertz CT molecular complexity index is 825. The molecule has 2 aliphatic heterocycles. The number of amides is 1. The molecule has 160 valence electrons. The van der Waals surface area contributed by atoms with Gasteiger partial charge in [0.1, 0.15) is 0 Å². The van der Waals surface area contributed by atoms with Gasteiger partial charge in [-0.05, 0) is 42.7 Å². The average molecular weight is 407 g/mol. The number of nitrogens with zero attached hydrogens (tertiary/aromatic N) is 4. The first kappa shape index (κ1) is 21.0. The molecule has 0 aliphatic carbocycles. The number of hydrogen-bond acceptors (Lipinski definition) is 4. The molecule has 5 heteroatoms. The Labute approximate surface area is 180 Å². The molecule has 2 saturated heterocycles. The Morgan fingerprint density at radius 3 is 2.00 bits per heavy atom. The van der Waals surface area contributed by atoms with E-state index in [0.29, 0.717) is 6.54 Å². The number of carbonyl (C=O) groups excluding carboxylic acids is 1. The minimum Gasteiger partial charge on any atom is -0.310 e. The molecule has 4 rings (SSSR count). The van der Waals surface area contributed by atoms with Crippen molar-refractivity contribution in [1.82, 2.24) is 14.7 Å². The van der Waals surface area contributed by atoms with Gasteiger partial charge in [-0.2, -0.15) is 0 Å². The Balaban J connectivity index is 1.20. The lowest BCUT2D eigenvalue weighted by Gasteiger charge is -2.38. The van der Waals surface area contributed by atoms with Crippen molar-refractivity contribution >= 4 is 11.6 Å². The van der Waals surface area contributed by atoms with Crippen LogP contribution in [-0.4, -0.2) is 79.5 Å². The molecule has 2 aliphatic rings. The monoisotopic (exact) mass is 406 g/mol. The molecule has 2 heterocycles. The van der Waals surface area contributed by atoms with E-state index in [1.807, 2.05) is 4.90 Å². The molecule has 2 aromatic rings. The lowest BCUT2D eigenvalue weighted by Crippen LogP contribution is -2.53. The molecule has 2 aromatic carbocycles. The lowest BCUT2D eigenvalue weighted by atomic mass is 10.1. The van der Waals surface area contributed by atoms with Crippen molar-refractivity contribution in [2.45, 2.75) is 20.4 Å². The van der Waals surface area contributed by atoms with E-state index in [-0.39, 0.29) is 5.91 Å². The van der Waals surface area contributed by atoms with Gasteiger partial charge >= 0.3 is 0 Å². The van der Waals surface area contributed by atoms with Gasteiger partial charge in [-0.1, -0.05) is 36.4 Å². The number of rotatable bonds is 6. The predicted molar refractivity (Wildman–Crippen MR) is 123 cm³/mol. The predicted octanol–water partition coefficient (Wildman–Crippen LogP) is 2.77. The summed E-state index contributed by atoms with van der Waals surface area (Å²) in [6.07, 6.45) is 0. The molecular formula is C25H34N4O. The smallest absolute Gasteiger partial charge is 0.241 e. The fourth-order valence-electron chi connectivity index (χ4n) is 4.59. The highest BCUT2D eigenvalue weighted by Crippen LogP contribution is 2.21. The van der Waals surface area contributed by atoms with Gasteiger partial charge in [-0.15, -0.1) is 0 Å². The molecular weight excluding hydrogens is 372 g/mol. The molecule has 0 bridgehead atoms. The zero-order valence-corrected chi connectivity index (χ0v) is 18.4. The Hall–Kier alpha value is -2.21. The van der Waals surface area contributed by atoms with Crippen molar-refractivity contribution in [3.63, 3.8) is 0 Å². The van der Waals surface area contributed by atoms with Crippen LogP contribution in [-0.2, 0) is 11.3 Å². The summed E-state index contributed by atoms with van der Waals surface area (Å²) in [5.74, 6) is 0.221. The third-order valence-electron chi connectivity index (χ3n) is 6.26. The topological polar surface area (TPSA) is 30.0 Å². The van der Waals surface area contributed by atoms with E-state index in [4.69, 9.17) is 0 Å². The maximum absolute atomic E-state index is 12.8. The van der Waals surface area contributed by atoms with Gasteiger partial charge in [0.2, 0.25) is 5.91 Å². The highest BCUT2D eigenvalue weighted by atomic mass is 16.2. The summed E-state index contributed by atoms with van der Waals surface area (Å²) in [7, 11) is 0. The summed E-state index contributed by atoms with van der Waals surface area (Å²) in [6.45, 7) is 14.0. The van der Waals surface area contributed by atoms with Crippen LogP contribution in [0.3, 0.4) is 0 Å². The molecule has 30 heavy (non-hydrogen) atoms. The third-order valence-corrected chi connectivity index (χ3v) is 6.26. The lowest BCUT2D eigenvalue weighted by molar-refractivity contribution is -0.121. The van der Waals surface area contributed by atoms with Crippen molar-refractivity contribution < 1.29 is 4.79 Å². The van der Waals surface area contributed by atoms with Crippen molar-refractivity contribution in [1.29, 1.82) is 0 Å². The van der Waals surface area contributed by atoms with Crippen molar-refractivity contribution in [2.75, 3.05) is 63.8 Å². The average Bonchev–Trinajstić information content (AvgIpc) is 2.73. The van der Waals surface area contributed by atoms with Crippen LogP contribution in [0.25, 0.3) is 0 Å². The number of aryl methyl sites for hydroxylation is 2. The first-order chi connectivity index (χ1) is 14.6. The second-order valence-corrected chi connectivity index (χ2v) is 8.77. The molecule has 0 aromatic heterocycles. The van der Waals surface area contributed by atoms with Gasteiger partial charge in [-0.3, -0.25) is 19.5 Å². The zero-order chi connectivity index (χ0) is 20.9. The van der Waals surface area contributed by atoms with Crippen LogP contribution < -0.4 is 4.90 Å². The zero-order valence-electron chi connectivity index (χ0n) is 18.4. The van der Waals surface area contributed by atoms with Gasteiger partial charge in [-0.25, -0.2) is 0 Å². The van der Waals surface area contributed by atoms with Crippen molar-refractivity contribution in [3.05, 3.63) is 65.2 Å². The van der Waals surface area contributed by atoms with Gasteiger partial charge in [0.05, 0.1) is 6.54 Å². The van der Waals surface area contributed by atoms with Gasteiger partial charge in [0.25, 0.3) is 0 Å². The maximum atomic E-state index is 12.8. The fourth-order valence-corrected chi connectivity index (χ4v) is 4.59. The molecule has 0 unspecified atom stereocenters. The van der Waals surface area contributed by atoms with E-state index in [1.165, 1.54) is 16.7 Å². The summed E-state index contributed by atoms with van der Waals surface area (Å²) in [5, 5.41) is 0. The standard InChI is InChI=1S/C25H34N4O/c1-21-16-22(2)18-24(17-21)29-15-14-28(20-25(29)30)13-10-26-8-11-27(12-9-26)19-23-6-4-3-5-7-23/h3-7,16-18H,8-15,19-20H2,1-2H3. The number of carbonyl (C=O) groups is 1. The van der Waals surface area contributed by atoms with Crippen LogP contribution >= 0.6 is 0 Å². The SMILES string of the molecule is Cc1cc(C)cc(N2CCN(CCN3CCN(Cc4ccccc4)CC3)CC2=O)c1. The molecule has 0 radical (unpaired) electrons. The number of piperazine rings is 2. The highest BCUT2D eigenvalue weighted by molar-refractivity contribution is 5.95. The molecule has 0 saturated carbocycles. The molecule has 1 amide bonds. The number of hydrogen-bond donors (Lipinski definition) is 0. The van der Waals surface area contributed by atoms with Crippen LogP contribution in [0.2, 0.25) is 0 Å². The largest absolute Gasteiger partial charge is 0.310 e. The fraction of sp³-hybridized carbons (Fsp3) is 0.480. The molecule has 0 atom stereocenters. The van der Waals surface area contributed by atoms with E-state index in [9.17, 15) is 4.79 Å². The van der Waals surface area contributed by atoms with Crippen molar-refractivity contribution in [2.24, 2.45) is 0 Å². The maximum Gasteiger partial charge on any atom is 0.241 e. The van der Waals surface area contributed by atoms with Gasteiger partial charge in [0.15, 0.2) is 0 Å². The van der Waals surface area contributed by atoms with E-state index in [1.54, 1.807) is 0 Å². The van der Waals surface area contributed by atoms with Crippen LogP contribution in [0.1, 0.15) is 16.7 Å². The summed E-state index contributed by atoms with van der Waals surface area (Å²) in [6, 6.07) is 17.1. The van der Waals surface area contributed by atoms with Crippen LogP contribution in [0, 0.1) is 13.8 Å². The van der Waals surface area contributed by atoms with Crippen LogP contribution in [0.5, 0.6) is 0 Å². The second kappa shape index (κ2) is 9.73. The molecule has 5 nitrogen and oxygen atoms in total. The van der Waals surface area contributed by atoms with E-state index < -0.39 is 0 Å². The number of benzene rings is 2. The summed E-state index contributed by atoms with van der Waals surface area (Å²) in [5.41, 5.74) is 4.87. The van der Waals surface area contributed by atoms with Crippen LogP contribution in [0.4, 0.5) is 5.69 Å². The highest BCUT2D eigenvalue weighted by Gasteiger charge is 2.26. The first-order valence-corrected chi connectivity index (χ1v) is 11.2. The summed E-state index contributed by atoms with van der Waals surface area (Å²) in [4.78, 5) is 22.1. The number of anilines is 1. The molecule has 0 spiro atoms. The Morgan fingerprint density at radius 1 is 0.733 bits per heavy atom. The summed E-state index contributed by atoms with van der Waals surface area (Å²) < 4.78 is 0. The minimum atomic E-state index is 0.221. The Morgan fingerprint density at radius 2 is 1.33 bits per heavy atom. The van der Waals surface area contributed by atoms with E-state index in [0.717, 1.165) is 64.6 Å². The molecule has 0 N–H and O–H groups in total. The van der Waals surface area contributed by atoms with Gasteiger partial charge < -0.3 is 4.90 Å². The van der Waals surface area contributed by atoms with E-state index in [2.05, 4.69) is 77.1 Å². The first-order valence-electron chi connectivity index (χ1n) is 11.2. The van der Waals surface area contributed by atoms with E-state index >= 15 is 0 Å². The minimum absolute atomic E-state index is 0.221. The van der Waals surface area contributed by atoms with Gasteiger partial charge in [0, 0.05) is 64.6 Å². The molecule has 2 fully saturated rings. The second-order valence-electron chi connectivity index (χ2n) is 8.77. The Kier molecular flexibility index (Phi) is 6.82.